The Bertz CT molecular complexity index is 1410. The first-order chi connectivity index (χ1) is 15.9. The lowest BCUT2D eigenvalue weighted by atomic mass is 10.1. The number of hydrogen-bond donors (Lipinski definition) is 0. The summed E-state index contributed by atoms with van der Waals surface area (Å²) in [6, 6.07) is 12.4. The first kappa shape index (κ1) is 22.3. The Balaban J connectivity index is 1.96. The van der Waals surface area contributed by atoms with Gasteiger partial charge in [-0.25, -0.2) is 4.79 Å². The van der Waals surface area contributed by atoms with Gasteiger partial charge in [-0.05, 0) is 25.0 Å². The molecule has 0 unspecified atom stereocenters. The lowest BCUT2D eigenvalue weighted by molar-refractivity contribution is -0.131. The number of fused-ring (bicyclic) bond motifs is 1. The zero-order valence-electron chi connectivity index (χ0n) is 18.2. The van der Waals surface area contributed by atoms with Crippen molar-refractivity contribution in [2.24, 2.45) is 0 Å². The molecule has 33 heavy (non-hydrogen) atoms. The molecule has 168 valence electrons. The third-order valence-electron chi connectivity index (χ3n) is 4.83. The van der Waals surface area contributed by atoms with Gasteiger partial charge in [-0.2, -0.15) is 0 Å². The van der Waals surface area contributed by atoms with E-state index in [4.69, 9.17) is 13.9 Å². The van der Waals surface area contributed by atoms with Crippen molar-refractivity contribution < 1.29 is 23.5 Å². The topological polar surface area (TPSA) is 109 Å². The Hall–Kier alpha value is -3.85. The number of benzene rings is 2. The number of ether oxygens (including phenoxy) is 2. The van der Waals surface area contributed by atoms with Gasteiger partial charge in [0, 0.05) is 18.6 Å². The van der Waals surface area contributed by atoms with Crippen LogP contribution < -0.4 is 10.2 Å². The fraction of sp³-hybridized carbons (Fsp3) is 0.208. The number of carbonyl (C=O) groups excluding carboxylic acids is 2. The molecule has 0 N–H and O–H groups in total. The molecule has 0 radical (unpaired) electrons. The second-order valence-electron chi connectivity index (χ2n) is 7.04. The first-order valence-electron chi connectivity index (χ1n) is 10.3. The van der Waals surface area contributed by atoms with Gasteiger partial charge in [0.1, 0.15) is 21.9 Å². The lowest BCUT2D eigenvalue weighted by Gasteiger charge is -2.11. The van der Waals surface area contributed by atoms with Crippen LogP contribution in [-0.4, -0.2) is 28.7 Å². The molecule has 2 aromatic heterocycles. The minimum Gasteiger partial charge on any atom is -0.460 e. The molecule has 0 aliphatic carbocycles. The van der Waals surface area contributed by atoms with E-state index in [1.165, 1.54) is 24.3 Å². The minimum absolute atomic E-state index is 0.0112. The zero-order chi connectivity index (χ0) is 23.5. The van der Waals surface area contributed by atoms with Crippen LogP contribution in [0.4, 0.5) is 0 Å². The number of rotatable bonds is 6. The maximum absolute atomic E-state index is 13.6. The van der Waals surface area contributed by atoms with Crippen LogP contribution in [-0.2, 0) is 16.0 Å². The summed E-state index contributed by atoms with van der Waals surface area (Å²) >= 11 is 1.17. The zero-order valence-corrected chi connectivity index (χ0v) is 19.0. The van der Waals surface area contributed by atoms with Crippen molar-refractivity contribution in [2.75, 3.05) is 6.61 Å². The molecule has 0 bridgehead atoms. The van der Waals surface area contributed by atoms with Crippen LogP contribution in [0.2, 0.25) is 0 Å². The average Bonchev–Trinajstić information content (AvgIpc) is 3.28. The molecule has 0 aliphatic rings. The van der Waals surface area contributed by atoms with Crippen molar-refractivity contribution in [3.8, 4) is 26.9 Å². The van der Waals surface area contributed by atoms with Gasteiger partial charge in [0.15, 0.2) is 5.01 Å². The van der Waals surface area contributed by atoms with E-state index < -0.39 is 17.4 Å². The molecule has 0 amide bonds. The molecule has 4 aromatic rings. The summed E-state index contributed by atoms with van der Waals surface area (Å²) in [5.74, 6) is -1.30. The normalized spacial score (nSPS) is 10.9. The maximum atomic E-state index is 13.6. The smallest absolute Gasteiger partial charge is 0.375 e. The molecule has 0 aliphatic heterocycles. The summed E-state index contributed by atoms with van der Waals surface area (Å²) in [5.41, 5.74) is 1.14. The van der Waals surface area contributed by atoms with Crippen LogP contribution >= 0.6 is 11.3 Å². The van der Waals surface area contributed by atoms with Gasteiger partial charge in [0.25, 0.3) is 0 Å². The summed E-state index contributed by atoms with van der Waals surface area (Å²) in [5, 5.41) is 9.43. The predicted octanol–water partition coefficient (Wildman–Crippen LogP) is 4.64. The van der Waals surface area contributed by atoms with Crippen molar-refractivity contribution in [3.63, 3.8) is 0 Å². The van der Waals surface area contributed by atoms with E-state index in [9.17, 15) is 14.4 Å². The summed E-state index contributed by atoms with van der Waals surface area (Å²) in [6.07, 6.45) is 0.518. The SMILES string of the molecule is CCOC(=O)c1oc2cc(OC(C)=O)c(CC)cc2c(=O)c1-c1nnc(-c2ccccc2)s1. The average molecular weight is 464 g/mol. The minimum atomic E-state index is -0.795. The van der Waals surface area contributed by atoms with Gasteiger partial charge in [0.2, 0.25) is 11.2 Å². The van der Waals surface area contributed by atoms with E-state index in [1.807, 2.05) is 37.3 Å². The van der Waals surface area contributed by atoms with Gasteiger partial charge in [-0.15, -0.1) is 10.2 Å². The number of aromatic nitrogens is 2. The molecule has 4 rings (SSSR count). The van der Waals surface area contributed by atoms with Crippen LogP contribution in [0.15, 0.2) is 51.7 Å². The quantitative estimate of drug-likeness (QED) is 0.300. The van der Waals surface area contributed by atoms with E-state index in [0.29, 0.717) is 17.0 Å². The molecule has 0 saturated heterocycles. The van der Waals surface area contributed by atoms with E-state index in [1.54, 1.807) is 13.0 Å². The van der Waals surface area contributed by atoms with Gasteiger partial charge in [0.05, 0.1) is 12.0 Å². The van der Waals surface area contributed by atoms with Gasteiger partial charge >= 0.3 is 11.9 Å². The summed E-state index contributed by atoms with van der Waals surface area (Å²) in [6.45, 7) is 4.91. The number of aryl methyl sites for hydroxylation is 1. The molecule has 0 spiro atoms. The van der Waals surface area contributed by atoms with Crippen LogP contribution in [0, 0.1) is 0 Å². The van der Waals surface area contributed by atoms with Crippen molar-refractivity contribution in [3.05, 3.63) is 64.0 Å². The van der Waals surface area contributed by atoms with E-state index in [2.05, 4.69) is 10.2 Å². The lowest BCUT2D eigenvalue weighted by Crippen LogP contribution is -2.15. The monoisotopic (exact) mass is 464 g/mol. The first-order valence-corrected chi connectivity index (χ1v) is 11.1. The highest BCUT2D eigenvalue weighted by atomic mass is 32.1. The Morgan fingerprint density at radius 1 is 1.06 bits per heavy atom. The van der Waals surface area contributed by atoms with Gasteiger partial charge < -0.3 is 13.9 Å². The molecule has 8 nitrogen and oxygen atoms in total. The third kappa shape index (κ3) is 4.40. The van der Waals surface area contributed by atoms with Crippen molar-refractivity contribution >= 4 is 34.2 Å². The molecule has 0 saturated carbocycles. The van der Waals surface area contributed by atoms with Crippen LogP contribution in [0.3, 0.4) is 0 Å². The van der Waals surface area contributed by atoms with Crippen LogP contribution in [0.5, 0.6) is 5.75 Å². The van der Waals surface area contributed by atoms with E-state index >= 15 is 0 Å². The Labute approximate surface area is 192 Å². The number of carbonyl (C=O) groups is 2. The maximum Gasteiger partial charge on any atom is 0.375 e. The molecular weight excluding hydrogens is 444 g/mol. The standard InChI is InChI=1S/C24H20N2O6S/c1-4-14-11-16-18(12-17(14)31-13(3)27)32-21(24(29)30-5-2)19(20(16)28)23-26-25-22(33-23)15-9-7-6-8-10-15/h6-12H,4-5H2,1-3H3. The highest BCUT2D eigenvalue weighted by molar-refractivity contribution is 7.18. The molecule has 9 heteroatoms. The second-order valence-corrected chi connectivity index (χ2v) is 8.01. The van der Waals surface area contributed by atoms with Gasteiger partial charge in [-0.1, -0.05) is 48.6 Å². The summed E-state index contributed by atoms with van der Waals surface area (Å²) < 4.78 is 16.2. The van der Waals surface area contributed by atoms with Crippen molar-refractivity contribution in [2.45, 2.75) is 27.2 Å². The van der Waals surface area contributed by atoms with Gasteiger partial charge in [-0.3, -0.25) is 9.59 Å². The molecule has 0 atom stereocenters. The Morgan fingerprint density at radius 2 is 1.79 bits per heavy atom. The summed E-state index contributed by atoms with van der Waals surface area (Å²) in [4.78, 5) is 37.8. The number of hydrogen-bond acceptors (Lipinski definition) is 9. The van der Waals surface area contributed by atoms with E-state index in [0.717, 1.165) is 5.56 Å². The van der Waals surface area contributed by atoms with Crippen molar-refractivity contribution in [1.29, 1.82) is 0 Å². The Morgan fingerprint density at radius 3 is 2.45 bits per heavy atom. The highest BCUT2D eigenvalue weighted by Gasteiger charge is 2.27. The van der Waals surface area contributed by atoms with E-state index in [-0.39, 0.29) is 39.7 Å². The molecular formula is C24H20N2O6S. The third-order valence-corrected chi connectivity index (χ3v) is 5.82. The fourth-order valence-corrected chi connectivity index (χ4v) is 4.24. The Kier molecular flexibility index (Phi) is 6.32. The predicted molar refractivity (Wildman–Crippen MR) is 123 cm³/mol. The number of esters is 2. The molecule has 0 fully saturated rings. The van der Waals surface area contributed by atoms with Crippen LogP contribution in [0.1, 0.15) is 36.9 Å². The largest absolute Gasteiger partial charge is 0.460 e. The fourth-order valence-electron chi connectivity index (χ4n) is 3.35. The second kappa shape index (κ2) is 9.33. The molecule has 2 heterocycles. The number of nitrogens with zero attached hydrogens (tertiary/aromatic N) is 2. The highest BCUT2D eigenvalue weighted by Crippen LogP contribution is 2.33. The summed E-state index contributed by atoms with van der Waals surface area (Å²) in [7, 11) is 0. The van der Waals surface area contributed by atoms with Crippen molar-refractivity contribution in [1.82, 2.24) is 10.2 Å². The molecule has 2 aromatic carbocycles. The van der Waals surface area contributed by atoms with Crippen LogP contribution in [0.25, 0.3) is 32.1 Å².